The maximum absolute atomic E-state index is 11.4. The predicted octanol–water partition coefficient (Wildman–Crippen LogP) is 4.86. The molecule has 0 aliphatic heterocycles. The SMILES string of the molecule is CCn1cc(C)c2cc(/C=C/c3c([N+](=O)[O-])cc([N+](=O)[O-])cc3[N+](=O)[O-])ccc21. The molecule has 0 spiro atoms. The minimum atomic E-state index is -0.900. The van der Waals surface area contributed by atoms with E-state index in [1.807, 2.05) is 32.2 Å². The Morgan fingerprint density at radius 3 is 2.07 bits per heavy atom. The first-order valence-electron chi connectivity index (χ1n) is 8.61. The van der Waals surface area contributed by atoms with Gasteiger partial charge in [-0.25, -0.2) is 0 Å². The van der Waals surface area contributed by atoms with E-state index in [9.17, 15) is 30.3 Å². The van der Waals surface area contributed by atoms with E-state index in [4.69, 9.17) is 0 Å². The van der Waals surface area contributed by atoms with Crippen LogP contribution in [0.2, 0.25) is 0 Å². The molecule has 1 aromatic heterocycles. The van der Waals surface area contributed by atoms with Gasteiger partial charge in [0.15, 0.2) is 0 Å². The zero-order chi connectivity index (χ0) is 21.3. The van der Waals surface area contributed by atoms with Crippen molar-refractivity contribution in [3.8, 4) is 0 Å². The third kappa shape index (κ3) is 3.68. The maximum atomic E-state index is 11.4. The van der Waals surface area contributed by atoms with Crippen LogP contribution >= 0.6 is 0 Å². The topological polar surface area (TPSA) is 134 Å². The summed E-state index contributed by atoms with van der Waals surface area (Å²) in [6.45, 7) is 4.80. The van der Waals surface area contributed by atoms with Crippen LogP contribution in [0.25, 0.3) is 23.1 Å². The maximum Gasteiger partial charge on any atom is 0.290 e. The normalized spacial score (nSPS) is 11.2. The molecule has 0 saturated carbocycles. The van der Waals surface area contributed by atoms with Crippen molar-refractivity contribution < 1.29 is 14.8 Å². The van der Waals surface area contributed by atoms with Crippen LogP contribution in [0.4, 0.5) is 17.1 Å². The number of benzene rings is 2. The first kappa shape index (κ1) is 19.7. The standard InChI is InChI=1S/C19H16N4O6/c1-3-20-11-12(2)16-8-13(5-7-17(16)20)4-6-15-18(22(26)27)9-14(21(24)25)10-19(15)23(28)29/h4-11H,3H2,1-2H3/b6-4+. The number of aryl methyl sites for hydroxylation is 2. The highest BCUT2D eigenvalue weighted by Gasteiger charge is 2.28. The summed E-state index contributed by atoms with van der Waals surface area (Å²) in [4.78, 5) is 31.1. The van der Waals surface area contributed by atoms with Gasteiger partial charge >= 0.3 is 0 Å². The number of aromatic nitrogens is 1. The fourth-order valence-electron chi connectivity index (χ4n) is 3.22. The number of non-ortho nitro benzene ring substituents is 1. The van der Waals surface area contributed by atoms with Crippen molar-refractivity contribution in [1.29, 1.82) is 0 Å². The van der Waals surface area contributed by atoms with E-state index in [1.54, 1.807) is 6.07 Å². The second-order valence-corrected chi connectivity index (χ2v) is 6.38. The van der Waals surface area contributed by atoms with E-state index < -0.39 is 31.8 Å². The Balaban J connectivity index is 2.13. The van der Waals surface area contributed by atoms with Crippen LogP contribution in [0.3, 0.4) is 0 Å². The molecular formula is C19H16N4O6. The fraction of sp³-hybridized carbons (Fsp3) is 0.158. The molecule has 148 valence electrons. The number of fused-ring (bicyclic) bond motifs is 1. The van der Waals surface area contributed by atoms with Crippen molar-refractivity contribution in [3.63, 3.8) is 0 Å². The summed E-state index contributed by atoms with van der Waals surface area (Å²) < 4.78 is 2.09. The lowest BCUT2D eigenvalue weighted by Gasteiger charge is -2.02. The van der Waals surface area contributed by atoms with Crippen LogP contribution in [0.15, 0.2) is 36.5 Å². The third-order valence-corrected chi connectivity index (χ3v) is 4.61. The molecule has 2 aromatic carbocycles. The van der Waals surface area contributed by atoms with Crippen LogP contribution in [0.5, 0.6) is 0 Å². The van der Waals surface area contributed by atoms with Crippen LogP contribution in [0.1, 0.15) is 23.6 Å². The zero-order valence-corrected chi connectivity index (χ0v) is 15.6. The van der Waals surface area contributed by atoms with Crippen molar-refractivity contribution in [1.82, 2.24) is 4.57 Å². The molecular weight excluding hydrogens is 380 g/mol. The van der Waals surface area contributed by atoms with Gasteiger partial charge in [-0.2, -0.15) is 0 Å². The number of nitro benzene ring substituents is 3. The van der Waals surface area contributed by atoms with Crippen LogP contribution < -0.4 is 0 Å². The van der Waals surface area contributed by atoms with E-state index in [1.165, 1.54) is 12.2 Å². The molecule has 0 fully saturated rings. The average molecular weight is 396 g/mol. The fourth-order valence-corrected chi connectivity index (χ4v) is 3.22. The summed E-state index contributed by atoms with van der Waals surface area (Å²) in [5.74, 6) is 0. The Hall–Kier alpha value is -4.08. The predicted molar refractivity (Wildman–Crippen MR) is 108 cm³/mol. The molecule has 3 aromatic rings. The second kappa shape index (κ2) is 7.50. The monoisotopic (exact) mass is 396 g/mol. The van der Waals surface area contributed by atoms with Gasteiger partial charge in [-0.3, -0.25) is 30.3 Å². The quantitative estimate of drug-likeness (QED) is 0.331. The number of nitrogens with zero attached hydrogens (tertiary/aromatic N) is 4. The Morgan fingerprint density at radius 2 is 1.55 bits per heavy atom. The summed E-state index contributed by atoms with van der Waals surface area (Å²) in [7, 11) is 0. The van der Waals surface area contributed by atoms with Crippen molar-refractivity contribution in [3.05, 3.63) is 83.6 Å². The Bertz CT molecular complexity index is 1160. The zero-order valence-electron chi connectivity index (χ0n) is 15.6. The highest BCUT2D eigenvalue weighted by Crippen LogP contribution is 2.35. The van der Waals surface area contributed by atoms with E-state index in [0.29, 0.717) is 5.56 Å². The Morgan fingerprint density at radius 1 is 0.931 bits per heavy atom. The van der Waals surface area contributed by atoms with Gasteiger partial charge in [-0.15, -0.1) is 0 Å². The highest BCUT2D eigenvalue weighted by molar-refractivity contribution is 5.88. The van der Waals surface area contributed by atoms with Gasteiger partial charge in [0.1, 0.15) is 5.56 Å². The summed E-state index contributed by atoms with van der Waals surface area (Å²) in [6.07, 6.45) is 4.78. The first-order valence-corrected chi connectivity index (χ1v) is 8.61. The Kier molecular flexibility index (Phi) is 5.09. The van der Waals surface area contributed by atoms with Crippen LogP contribution in [0, 0.1) is 37.3 Å². The number of nitro groups is 3. The van der Waals surface area contributed by atoms with Gasteiger partial charge in [0.25, 0.3) is 17.1 Å². The second-order valence-electron chi connectivity index (χ2n) is 6.38. The van der Waals surface area contributed by atoms with Gasteiger partial charge in [-0.1, -0.05) is 12.1 Å². The molecule has 0 amide bonds. The molecule has 0 bridgehead atoms. The third-order valence-electron chi connectivity index (χ3n) is 4.61. The molecule has 0 aliphatic carbocycles. The minimum Gasteiger partial charge on any atom is -0.347 e. The van der Waals surface area contributed by atoms with E-state index in [-0.39, 0.29) is 5.56 Å². The summed E-state index contributed by atoms with van der Waals surface area (Å²) >= 11 is 0. The van der Waals surface area contributed by atoms with Gasteiger partial charge in [0.05, 0.1) is 26.9 Å². The molecule has 10 heteroatoms. The minimum absolute atomic E-state index is 0.298. The lowest BCUT2D eigenvalue weighted by molar-refractivity contribution is -0.403. The van der Waals surface area contributed by atoms with Crippen molar-refractivity contribution >= 4 is 40.1 Å². The number of hydrogen-bond acceptors (Lipinski definition) is 6. The molecule has 0 radical (unpaired) electrons. The van der Waals surface area contributed by atoms with Gasteiger partial charge in [0.2, 0.25) is 0 Å². The van der Waals surface area contributed by atoms with Crippen molar-refractivity contribution in [2.45, 2.75) is 20.4 Å². The lowest BCUT2D eigenvalue weighted by atomic mass is 10.1. The molecule has 29 heavy (non-hydrogen) atoms. The molecule has 10 nitrogen and oxygen atoms in total. The van der Waals surface area contributed by atoms with E-state index in [2.05, 4.69) is 4.57 Å². The molecule has 0 N–H and O–H groups in total. The average Bonchev–Trinajstić information content (AvgIpc) is 3.00. The summed E-state index contributed by atoms with van der Waals surface area (Å²) in [5.41, 5.74) is 0.385. The van der Waals surface area contributed by atoms with Crippen LogP contribution in [-0.2, 0) is 6.54 Å². The Labute approximate surface area is 164 Å². The van der Waals surface area contributed by atoms with Gasteiger partial charge in [-0.05, 0) is 43.2 Å². The molecule has 3 rings (SSSR count). The largest absolute Gasteiger partial charge is 0.347 e. The molecule has 0 unspecified atom stereocenters. The van der Waals surface area contributed by atoms with Crippen LogP contribution in [-0.4, -0.2) is 19.3 Å². The van der Waals surface area contributed by atoms with Gasteiger partial charge in [0, 0.05) is 23.6 Å². The number of rotatable bonds is 6. The lowest BCUT2D eigenvalue weighted by Crippen LogP contribution is -2.00. The van der Waals surface area contributed by atoms with Gasteiger partial charge < -0.3 is 4.57 Å². The summed E-state index contributed by atoms with van der Waals surface area (Å²) in [6, 6.07) is 7.04. The smallest absolute Gasteiger partial charge is 0.290 e. The summed E-state index contributed by atoms with van der Waals surface area (Å²) in [5, 5.41) is 34.7. The highest BCUT2D eigenvalue weighted by atomic mass is 16.6. The van der Waals surface area contributed by atoms with E-state index in [0.717, 1.165) is 35.1 Å². The molecule has 0 saturated heterocycles. The number of hydrogen-bond donors (Lipinski definition) is 0. The van der Waals surface area contributed by atoms with Crippen molar-refractivity contribution in [2.75, 3.05) is 0 Å². The first-order chi connectivity index (χ1) is 13.7. The molecule has 0 atom stereocenters. The molecule has 1 heterocycles. The van der Waals surface area contributed by atoms with Crippen molar-refractivity contribution in [2.24, 2.45) is 0 Å². The molecule has 0 aliphatic rings. The van der Waals surface area contributed by atoms with E-state index >= 15 is 0 Å².